The predicted octanol–water partition coefficient (Wildman–Crippen LogP) is 2.92. The van der Waals surface area contributed by atoms with Crippen LogP contribution in [0, 0.1) is 0 Å². The fraction of sp³-hybridized carbons (Fsp3) is 0.357. The largest absolute Gasteiger partial charge is 0.424 e. The quantitative estimate of drug-likeness (QED) is 0.843. The minimum absolute atomic E-state index is 0.233. The summed E-state index contributed by atoms with van der Waals surface area (Å²) in [6.07, 6.45) is 0. The molecule has 0 spiro atoms. The molecule has 6 heteroatoms. The SMILES string of the molecule is CCNc1nc(NC(C)C)nc(Oc2ccccc2)n1. The highest BCUT2D eigenvalue weighted by Crippen LogP contribution is 2.19. The molecule has 106 valence electrons. The highest BCUT2D eigenvalue weighted by molar-refractivity contribution is 5.37. The third-order valence-electron chi connectivity index (χ3n) is 2.32. The lowest BCUT2D eigenvalue weighted by molar-refractivity contribution is 0.441. The zero-order chi connectivity index (χ0) is 14.4. The fourth-order valence-corrected chi connectivity index (χ4v) is 1.56. The van der Waals surface area contributed by atoms with Gasteiger partial charge >= 0.3 is 6.01 Å². The molecule has 0 aliphatic carbocycles. The summed E-state index contributed by atoms with van der Waals surface area (Å²) in [6.45, 7) is 6.76. The van der Waals surface area contributed by atoms with Crippen LogP contribution in [0.5, 0.6) is 11.8 Å². The van der Waals surface area contributed by atoms with Gasteiger partial charge in [-0.25, -0.2) is 0 Å². The van der Waals surface area contributed by atoms with Crippen molar-refractivity contribution < 1.29 is 4.74 Å². The maximum Gasteiger partial charge on any atom is 0.328 e. The van der Waals surface area contributed by atoms with Gasteiger partial charge in [0.05, 0.1) is 0 Å². The van der Waals surface area contributed by atoms with E-state index in [2.05, 4.69) is 25.6 Å². The lowest BCUT2D eigenvalue weighted by atomic mass is 10.3. The first-order chi connectivity index (χ1) is 9.67. The van der Waals surface area contributed by atoms with Crippen LogP contribution in [-0.4, -0.2) is 27.5 Å². The van der Waals surface area contributed by atoms with Gasteiger partial charge in [0.15, 0.2) is 0 Å². The minimum Gasteiger partial charge on any atom is -0.424 e. The molecule has 20 heavy (non-hydrogen) atoms. The molecule has 1 heterocycles. The van der Waals surface area contributed by atoms with Crippen molar-refractivity contribution in [3.63, 3.8) is 0 Å². The monoisotopic (exact) mass is 273 g/mol. The van der Waals surface area contributed by atoms with E-state index in [1.807, 2.05) is 51.1 Å². The van der Waals surface area contributed by atoms with E-state index < -0.39 is 0 Å². The first-order valence-corrected chi connectivity index (χ1v) is 6.66. The first-order valence-electron chi connectivity index (χ1n) is 6.66. The smallest absolute Gasteiger partial charge is 0.328 e. The second-order valence-electron chi connectivity index (χ2n) is 4.51. The summed E-state index contributed by atoms with van der Waals surface area (Å²) in [6, 6.07) is 9.93. The van der Waals surface area contributed by atoms with Crippen LogP contribution in [0.2, 0.25) is 0 Å². The Labute approximate surface area is 118 Å². The minimum atomic E-state index is 0.233. The Morgan fingerprint density at radius 1 is 1.05 bits per heavy atom. The summed E-state index contributed by atoms with van der Waals surface area (Å²) < 4.78 is 5.65. The van der Waals surface area contributed by atoms with Crippen LogP contribution in [0.3, 0.4) is 0 Å². The Hall–Kier alpha value is -2.37. The molecule has 0 atom stereocenters. The van der Waals surface area contributed by atoms with E-state index in [-0.39, 0.29) is 12.1 Å². The molecule has 0 saturated heterocycles. The molecular formula is C14H19N5O. The van der Waals surface area contributed by atoms with E-state index in [0.29, 0.717) is 17.6 Å². The zero-order valence-electron chi connectivity index (χ0n) is 11.9. The standard InChI is InChI=1S/C14H19N5O/c1-4-15-12-17-13(16-10(2)3)19-14(18-12)20-11-8-6-5-7-9-11/h5-10H,4H2,1-3H3,(H2,15,16,17,18,19). The number of ether oxygens (including phenoxy) is 1. The first kappa shape index (κ1) is 14.0. The van der Waals surface area contributed by atoms with Crippen molar-refractivity contribution in [3.05, 3.63) is 30.3 Å². The van der Waals surface area contributed by atoms with Gasteiger partial charge in [0.1, 0.15) is 5.75 Å². The van der Waals surface area contributed by atoms with Crippen molar-refractivity contribution >= 4 is 11.9 Å². The summed E-state index contributed by atoms with van der Waals surface area (Å²) in [5.74, 6) is 1.69. The second kappa shape index (κ2) is 6.70. The van der Waals surface area contributed by atoms with Gasteiger partial charge in [0.25, 0.3) is 0 Å². The Bertz CT molecular complexity index is 545. The van der Waals surface area contributed by atoms with Gasteiger partial charge in [0.2, 0.25) is 11.9 Å². The average Bonchev–Trinajstić information content (AvgIpc) is 2.39. The third-order valence-corrected chi connectivity index (χ3v) is 2.32. The van der Waals surface area contributed by atoms with Crippen LogP contribution >= 0.6 is 0 Å². The van der Waals surface area contributed by atoms with Crippen LogP contribution in [0.1, 0.15) is 20.8 Å². The molecule has 2 aromatic rings. The predicted molar refractivity (Wildman–Crippen MR) is 79.3 cm³/mol. The molecule has 2 N–H and O–H groups in total. The van der Waals surface area contributed by atoms with Gasteiger partial charge < -0.3 is 15.4 Å². The molecule has 0 unspecified atom stereocenters. The summed E-state index contributed by atoms with van der Waals surface area (Å²) in [5.41, 5.74) is 0. The van der Waals surface area contributed by atoms with Crippen molar-refractivity contribution in [1.82, 2.24) is 15.0 Å². The molecule has 0 radical (unpaired) electrons. The van der Waals surface area contributed by atoms with E-state index in [1.165, 1.54) is 0 Å². The Morgan fingerprint density at radius 3 is 2.40 bits per heavy atom. The molecule has 0 fully saturated rings. The van der Waals surface area contributed by atoms with E-state index in [4.69, 9.17) is 4.74 Å². The van der Waals surface area contributed by atoms with E-state index in [1.54, 1.807) is 0 Å². The van der Waals surface area contributed by atoms with Crippen LogP contribution in [0.15, 0.2) is 30.3 Å². The van der Waals surface area contributed by atoms with Crippen molar-refractivity contribution in [1.29, 1.82) is 0 Å². The number of hydrogen-bond donors (Lipinski definition) is 2. The Morgan fingerprint density at radius 2 is 1.75 bits per heavy atom. The lowest BCUT2D eigenvalue weighted by Gasteiger charge is -2.11. The molecule has 6 nitrogen and oxygen atoms in total. The number of nitrogens with zero attached hydrogens (tertiary/aromatic N) is 3. The van der Waals surface area contributed by atoms with Crippen molar-refractivity contribution in [2.75, 3.05) is 17.2 Å². The Kier molecular flexibility index (Phi) is 4.70. The summed E-state index contributed by atoms with van der Waals surface area (Å²) in [7, 11) is 0. The maximum atomic E-state index is 5.65. The number of rotatable bonds is 6. The molecule has 2 rings (SSSR count). The molecule has 1 aromatic carbocycles. The summed E-state index contributed by atoms with van der Waals surface area (Å²) in [4.78, 5) is 12.8. The topological polar surface area (TPSA) is 72.0 Å². The molecule has 0 amide bonds. The average molecular weight is 273 g/mol. The summed E-state index contributed by atoms with van der Waals surface area (Å²) in [5, 5.41) is 6.21. The van der Waals surface area contributed by atoms with Crippen LogP contribution < -0.4 is 15.4 Å². The fourth-order valence-electron chi connectivity index (χ4n) is 1.56. The number of benzene rings is 1. The molecular weight excluding hydrogens is 254 g/mol. The Balaban J connectivity index is 2.24. The van der Waals surface area contributed by atoms with Crippen LogP contribution in [-0.2, 0) is 0 Å². The highest BCUT2D eigenvalue weighted by Gasteiger charge is 2.08. The van der Waals surface area contributed by atoms with Gasteiger partial charge in [0, 0.05) is 12.6 Å². The molecule has 0 saturated carbocycles. The molecule has 0 aliphatic rings. The normalized spacial score (nSPS) is 10.4. The van der Waals surface area contributed by atoms with E-state index >= 15 is 0 Å². The van der Waals surface area contributed by atoms with E-state index in [0.717, 1.165) is 6.54 Å². The maximum absolute atomic E-state index is 5.65. The van der Waals surface area contributed by atoms with Gasteiger partial charge in [-0.2, -0.15) is 15.0 Å². The van der Waals surface area contributed by atoms with Gasteiger partial charge in [-0.15, -0.1) is 0 Å². The van der Waals surface area contributed by atoms with Crippen molar-refractivity contribution in [3.8, 4) is 11.8 Å². The number of nitrogens with one attached hydrogen (secondary N) is 2. The van der Waals surface area contributed by atoms with Crippen LogP contribution in [0.25, 0.3) is 0 Å². The van der Waals surface area contributed by atoms with Gasteiger partial charge in [-0.3, -0.25) is 0 Å². The number of anilines is 2. The van der Waals surface area contributed by atoms with Crippen LogP contribution in [0.4, 0.5) is 11.9 Å². The molecule has 1 aromatic heterocycles. The van der Waals surface area contributed by atoms with Gasteiger partial charge in [-0.1, -0.05) is 18.2 Å². The highest BCUT2D eigenvalue weighted by atomic mass is 16.5. The third kappa shape index (κ3) is 4.08. The van der Waals surface area contributed by atoms with Gasteiger partial charge in [-0.05, 0) is 32.9 Å². The number of para-hydroxylation sites is 1. The summed E-state index contributed by atoms with van der Waals surface area (Å²) >= 11 is 0. The van der Waals surface area contributed by atoms with E-state index in [9.17, 15) is 0 Å². The van der Waals surface area contributed by atoms with Crippen molar-refractivity contribution in [2.24, 2.45) is 0 Å². The second-order valence-corrected chi connectivity index (χ2v) is 4.51. The molecule has 0 bridgehead atoms. The zero-order valence-corrected chi connectivity index (χ0v) is 11.9. The van der Waals surface area contributed by atoms with Crippen molar-refractivity contribution in [2.45, 2.75) is 26.8 Å². The lowest BCUT2D eigenvalue weighted by Crippen LogP contribution is -2.15. The molecule has 0 aliphatic heterocycles. The number of hydrogen-bond acceptors (Lipinski definition) is 6. The number of aromatic nitrogens is 3.